The van der Waals surface area contributed by atoms with Crippen LogP contribution in [-0.2, 0) is 23.7 Å². The number of likely N-dealkylation sites (N-methyl/N-ethyl adjacent to an activating group) is 1. The highest BCUT2D eigenvalue weighted by atomic mass is 16.9. The van der Waals surface area contributed by atoms with Crippen LogP contribution in [0.3, 0.4) is 0 Å². The molecule has 7 heteroatoms. The molecule has 1 spiro atoms. The second-order valence-corrected chi connectivity index (χ2v) is 9.34. The molecule has 4 rings (SSSR count). The van der Waals surface area contributed by atoms with E-state index in [0.29, 0.717) is 13.2 Å². The SMILES string of the molecule is CC[N+]1(C[C@@]2(O)[C@@H]3OC(C)(C)O[C@@H]3CO[C@]23COC(C)(C)O3)CCCC1. The summed E-state index contributed by atoms with van der Waals surface area (Å²) in [6.45, 7) is 13.8. The van der Waals surface area contributed by atoms with Crippen molar-refractivity contribution in [3.8, 4) is 0 Å². The Kier molecular flexibility index (Phi) is 4.29. The van der Waals surface area contributed by atoms with Crippen molar-refractivity contribution in [2.24, 2.45) is 0 Å². The topological polar surface area (TPSA) is 66.4 Å². The minimum Gasteiger partial charge on any atom is -0.377 e. The van der Waals surface area contributed by atoms with Gasteiger partial charge in [-0.15, -0.1) is 0 Å². The summed E-state index contributed by atoms with van der Waals surface area (Å²) in [4.78, 5) is 0. The molecule has 0 bridgehead atoms. The van der Waals surface area contributed by atoms with Crippen molar-refractivity contribution in [3.63, 3.8) is 0 Å². The lowest BCUT2D eigenvalue weighted by atomic mass is 9.80. The number of hydrogen-bond donors (Lipinski definition) is 1. The molecule has 0 aromatic heterocycles. The van der Waals surface area contributed by atoms with Gasteiger partial charge in [0.25, 0.3) is 0 Å². The molecule has 0 unspecified atom stereocenters. The molecule has 150 valence electrons. The maximum absolute atomic E-state index is 12.2. The summed E-state index contributed by atoms with van der Waals surface area (Å²) in [6.07, 6.45) is 1.54. The van der Waals surface area contributed by atoms with Gasteiger partial charge in [0.05, 0.1) is 26.2 Å². The molecule has 4 heterocycles. The smallest absolute Gasteiger partial charge is 0.232 e. The molecule has 0 saturated carbocycles. The average Bonchev–Trinajstić information content (AvgIpc) is 3.21. The van der Waals surface area contributed by atoms with Crippen molar-refractivity contribution in [3.05, 3.63) is 0 Å². The molecule has 0 radical (unpaired) electrons. The summed E-state index contributed by atoms with van der Waals surface area (Å²) in [6, 6.07) is 0. The van der Waals surface area contributed by atoms with E-state index < -0.39 is 29.1 Å². The summed E-state index contributed by atoms with van der Waals surface area (Å²) < 4.78 is 31.3. The Labute approximate surface area is 156 Å². The third kappa shape index (κ3) is 2.83. The van der Waals surface area contributed by atoms with Gasteiger partial charge in [-0.25, -0.2) is 0 Å². The van der Waals surface area contributed by atoms with Crippen LogP contribution in [0, 0.1) is 0 Å². The molecule has 4 fully saturated rings. The average molecular weight is 372 g/mol. The first-order valence-electron chi connectivity index (χ1n) is 9.96. The van der Waals surface area contributed by atoms with E-state index in [4.69, 9.17) is 23.7 Å². The number of fused-ring (bicyclic) bond motifs is 1. The number of ether oxygens (including phenoxy) is 5. The third-order valence-electron chi connectivity index (χ3n) is 6.58. The maximum atomic E-state index is 12.2. The number of nitrogens with zero attached hydrogens (tertiary/aromatic N) is 1. The summed E-state index contributed by atoms with van der Waals surface area (Å²) in [7, 11) is 0. The highest BCUT2D eigenvalue weighted by Crippen LogP contribution is 2.50. The van der Waals surface area contributed by atoms with Crippen LogP contribution in [0.15, 0.2) is 0 Å². The number of quaternary nitrogens is 1. The van der Waals surface area contributed by atoms with Crippen LogP contribution in [0.2, 0.25) is 0 Å². The van der Waals surface area contributed by atoms with Crippen molar-refractivity contribution in [1.29, 1.82) is 0 Å². The quantitative estimate of drug-likeness (QED) is 0.755. The van der Waals surface area contributed by atoms with Crippen molar-refractivity contribution in [2.75, 3.05) is 39.4 Å². The van der Waals surface area contributed by atoms with Crippen LogP contribution in [0.1, 0.15) is 47.5 Å². The maximum Gasteiger partial charge on any atom is 0.232 e. The zero-order valence-corrected chi connectivity index (χ0v) is 16.7. The molecule has 4 saturated heterocycles. The van der Waals surface area contributed by atoms with E-state index in [1.807, 2.05) is 27.7 Å². The Hall–Kier alpha value is -0.280. The fourth-order valence-electron chi connectivity index (χ4n) is 5.24. The van der Waals surface area contributed by atoms with E-state index in [0.717, 1.165) is 24.1 Å². The lowest BCUT2D eigenvalue weighted by Crippen LogP contribution is -2.76. The molecule has 4 aliphatic rings. The molecule has 0 aliphatic carbocycles. The summed E-state index contributed by atoms with van der Waals surface area (Å²) in [5.74, 6) is -2.79. The van der Waals surface area contributed by atoms with E-state index >= 15 is 0 Å². The number of rotatable bonds is 3. The molecule has 1 N–H and O–H groups in total. The highest BCUT2D eigenvalue weighted by Gasteiger charge is 2.73. The largest absolute Gasteiger partial charge is 0.377 e. The summed E-state index contributed by atoms with van der Waals surface area (Å²) >= 11 is 0. The monoisotopic (exact) mass is 372 g/mol. The lowest BCUT2D eigenvalue weighted by Gasteiger charge is -2.52. The van der Waals surface area contributed by atoms with Crippen LogP contribution >= 0.6 is 0 Å². The zero-order chi connectivity index (χ0) is 18.8. The fourth-order valence-corrected chi connectivity index (χ4v) is 5.24. The van der Waals surface area contributed by atoms with E-state index in [2.05, 4.69) is 6.92 Å². The number of likely N-dealkylation sites (tertiary alicyclic amines) is 1. The first-order valence-corrected chi connectivity index (χ1v) is 9.96. The van der Waals surface area contributed by atoms with E-state index in [9.17, 15) is 5.11 Å². The molecule has 4 atom stereocenters. The van der Waals surface area contributed by atoms with Crippen LogP contribution in [0.25, 0.3) is 0 Å². The molecular formula is C19H34NO6+. The summed E-state index contributed by atoms with van der Waals surface area (Å²) in [5, 5.41) is 12.2. The van der Waals surface area contributed by atoms with Gasteiger partial charge in [-0.2, -0.15) is 0 Å². The molecule has 0 aromatic carbocycles. The second kappa shape index (κ2) is 5.86. The first kappa shape index (κ1) is 19.1. The van der Waals surface area contributed by atoms with Gasteiger partial charge in [0, 0.05) is 12.8 Å². The number of hydrogen-bond acceptors (Lipinski definition) is 6. The van der Waals surface area contributed by atoms with E-state index in [1.165, 1.54) is 12.8 Å². The van der Waals surface area contributed by atoms with Gasteiger partial charge in [-0.3, -0.25) is 0 Å². The highest BCUT2D eigenvalue weighted by molar-refractivity contribution is 5.11. The van der Waals surface area contributed by atoms with Crippen LogP contribution in [0.5, 0.6) is 0 Å². The molecular weight excluding hydrogens is 338 g/mol. The van der Waals surface area contributed by atoms with Crippen molar-refractivity contribution in [1.82, 2.24) is 0 Å². The lowest BCUT2D eigenvalue weighted by molar-refractivity contribution is -0.923. The minimum absolute atomic E-state index is 0.188. The molecule has 26 heavy (non-hydrogen) atoms. The predicted molar refractivity (Wildman–Crippen MR) is 93.2 cm³/mol. The molecule has 0 aromatic rings. The Bertz CT molecular complexity index is 558. The Morgan fingerprint density at radius 1 is 1.00 bits per heavy atom. The van der Waals surface area contributed by atoms with Gasteiger partial charge >= 0.3 is 0 Å². The number of aliphatic hydroxyl groups is 1. The van der Waals surface area contributed by atoms with Crippen LogP contribution in [-0.4, -0.2) is 84.2 Å². The Morgan fingerprint density at radius 2 is 1.69 bits per heavy atom. The van der Waals surface area contributed by atoms with E-state index in [1.54, 1.807) is 0 Å². The van der Waals surface area contributed by atoms with Crippen molar-refractivity contribution < 1.29 is 33.3 Å². The van der Waals surface area contributed by atoms with Gasteiger partial charge in [0.2, 0.25) is 5.79 Å². The standard InChI is InChI=1S/C19H34NO6/c1-6-20(9-7-8-10-20)12-18(21)15-14(24-17(4,5)25-15)11-22-19(18)13-23-16(2,3)26-19/h14-15,21H,6-13H2,1-5H3/q+1/t14-,15-,18-,19+/m1/s1. The Balaban J connectivity index is 1.73. The van der Waals surface area contributed by atoms with Gasteiger partial charge in [-0.05, 0) is 34.6 Å². The van der Waals surface area contributed by atoms with Crippen LogP contribution in [0.4, 0.5) is 0 Å². The zero-order valence-electron chi connectivity index (χ0n) is 16.7. The van der Waals surface area contributed by atoms with Gasteiger partial charge in [-0.1, -0.05) is 0 Å². The molecule has 0 amide bonds. The fraction of sp³-hybridized carbons (Fsp3) is 1.00. The van der Waals surface area contributed by atoms with Gasteiger partial charge < -0.3 is 33.3 Å². The minimum atomic E-state index is -1.35. The second-order valence-electron chi connectivity index (χ2n) is 9.34. The van der Waals surface area contributed by atoms with Gasteiger partial charge in [0.15, 0.2) is 17.2 Å². The normalized spacial score (nSPS) is 45.9. The van der Waals surface area contributed by atoms with Crippen molar-refractivity contribution >= 4 is 0 Å². The Morgan fingerprint density at radius 3 is 2.27 bits per heavy atom. The van der Waals surface area contributed by atoms with Crippen molar-refractivity contribution in [2.45, 2.75) is 82.6 Å². The molecule has 4 aliphatic heterocycles. The third-order valence-corrected chi connectivity index (χ3v) is 6.58. The molecule has 7 nitrogen and oxygen atoms in total. The van der Waals surface area contributed by atoms with Crippen LogP contribution < -0.4 is 0 Å². The predicted octanol–water partition coefficient (Wildman–Crippen LogP) is 1.38. The summed E-state index contributed by atoms with van der Waals surface area (Å²) in [5.41, 5.74) is -1.35. The first-order chi connectivity index (χ1) is 12.0. The van der Waals surface area contributed by atoms with Gasteiger partial charge in [0.1, 0.15) is 25.4 Å². The van der Waals surface area contributed by atoms with E-state index in [-0.39, 0.29) is 12.7 Å².